The van der Waals surface area contributed by atoms with E-state index in [9.17, 15) is 9.59 Å². The minimum absolute atomic E-state index is 0.304. The van der Waals surface area contributed by atoms with E-state index >= 15 is 0 Å². The van der Waals surface area contributed by atoms with Crippen LogP contribution < -0.4 is 0 Å². The van der Waals surface area contributed by atoms with E-state index in [4.69, 9.17) is 9.47 Å². The van der Waals surface area contributed by atoms with Gasteiger partial charge >= 0.3 is 11.9 Å². The molecule has 0 aromatic rings. The van der Waals surface area contributed by atoms with Crippen molar-refractivity contribution in [3.05, 3.63) is 12.2 Å². The number of carbonyl (C=O) groups is 2. The van der Waals surface area contributed by atoms with E-state index in [1.54, 1.807) is 0 Å². The number of rotatable bonds is 6. The molecule has 0 heterocycles. The Morgan fingerprint density at radius 1 is 1.19 bits per heavy atom. The fourth-order valence-corrected chi connectivity index (χ4v) is 2.48. The predicted octanol–water partition coefficient (Wildman–Crippen LogP) is 3.79. The summed E-state index contributed by atoms with van der Waals surface area (Å²) in [6.45, 7) is 7.16. The van der Waals surface area contributed by atoms with Gasteiger partial charge in [0.1, 0.15) is 5.60 Å². The van der Waals surface area contributed by atoms with Crippen molar-refractivity contribution in [1.82, 2.24) is 0 Å². The molecular weight excluding hydrogens is 268 g/mol. The van der Waals surface area contributed by atoms with Crippen LogP contribution in [0.25, 0.3) is 0 Å². The highest BCUT2D eigenvalue weighted by atomic mass is 16.6. The van der Waals surface area contributed by atoms with Crippen LogP contribution in [0.2, 0.25) is 0 Å². The van der Waals surface area contributed by atoms with Gasteiger partial charge in [0.25, 0.3) is 0 Å². The molecule has 0 aromatic carbocycles. The molecule has 4 heteroatoms. The second-order valence-electron chi connectivity index (χ2n) is 6.41. The van der Waals surface area contributed by atoms with Crippen LogP contribution in [0.4, 0.5) is 0 Å². The fraction of sp³-hybridized carbons (Fsp3) is 0.765. The largest absolute Gasteiger partial charge is 0.453 e. The zero-order valence-electron chi connectivity index (χ0n) is 13.7. The Morgan fingerprint density at radius 2 is 1.81 bits per heavy atom. The molecule has 1 rings (SSSR count). The van der Waals surface area contributed by atoms with Gasteiger partial charge in [-0.1, -0.05) is 19.4 Å². The Bertz CT molecular complexity index is 390. The van der Waals surface area contributed by atoms with Gasteiger partial charge in [0.05, 0.1) is 5.41 Å². The summed E-state index contributed by atoms with van der Waals surface area (Å²) < 4.78 is 10.7. The maximum Gasteiger partial charge on any atom is 0.345 e. The molecule has 0 spiro atoms. The molecule has 1 aliphatic carbocycles. The molecule has 0 unspecified atom stereocenters. The van der Waals surface area contributed by atoms with Gasteiger partial charge in [0.2, 0.25) is 0 Å². The van der Waals surface area contributed by atoms with Crippen LogP contribution >= 0.6 is 0 Å². The third-order valence-electron chi connectivity index (χ3n) is 4.24. The third-order valence-corrected chi connectivity index (χ3v) is 4.24. The second-order valence-corrected chi connectivity index (χ2v) is 6.41. The molecule has 120 valence electrons. The lowest BCUT2D eigenvalue weighted by atomic mass is 9.84. The Labute approximate surface area is 127 Å². The summed E-state index contributed by atoms with van der Waals surface area (Å²) in [5.41, 5.74) is -1.07. The summed E-state index contributed by atoms with van der Waals surface area (Å²) in [7, 11) is 0. The maximum atomic E-state index is 12.0. The van der Waals surface area contributed by atoms with Crippen molar-refractivity contribution in [3.8, 4) is 0 Å². The highest BCUT2D eigenvalue weighted by molar-refractivity contribution is 5.80. The molecule has 0 atom stereocenters. The number of ether oxygens (including phenoxy) is 2. The zero-order valence-corrected chi connectivity index (χ0v) is 13.7. The van der Waals surface area contributed by atoms with Gasteiger partial charge in [-0.05, 0) is 59.0 Å². The lowest BCUT2D eigenvalue weighted by molar-refractivity contribution is -0.172. The Morgan fingerprint density at radius 3 is 2.33 bits per heavy atom. The first-order valence-electron chi connectivity index (χ1n) is 7.88. The van der Waals surface area contributed by atoms with Crippen molar-refractivity contribution in [2.75, 3.05) is 6.61 Å². The van der Waals surface area contributed by atoms with E-state index in [0.29, 0.717) is 6.42 Å². The highest BCUT2D eigenvalue weighted by Gasteiger charge is 2.34. The lowest BCUT2D eigenvalue weighted by Crippen LogP contribution is -2.37. The molecule has 1 aliphatic rings. The van der Waals surface area contributed by atoms with Crippen LogP contribution in [-0.2, 0) is 19.1 Å². The van der Waals surface area contributed by atoms with Crippen LogP contribution in [0.1, 0.15) is 66.2 Å². The summed E-state index contributed by atoms with van der Waals surface area (Å²) in [5.74, 6) is -0.819. The summed E-state index contributed by atoms with van der Waals surface area (Å²) >= 11 is 0. The van der Waals surface area contributed by atoms with Crippen LogP contribution in [-0.4, -0.2) is 24.1 Å². The Hall–Kier alpha value is -1.32. The summed E-state index contributed by atoms with van der Waals surface area (Å²) in [6, 6.07) is 0. The van der Waals surface area contributed by atoms with Crippen LogP contribution in [0.15, 0.2) is 12.2 Å². The molecule has 0 saturated heterocycles. The van der Waals surface area contributed by atoms with Crippen LogP contribution in [0.3, 0.4) is 0 Å². The first-order valence-corrected chi connectivity index (χ1v) is 7.88. The van der Waals surface area contributed by atoms with E-state index < -0.39 is 17.0 Å². The van der Waals surface area contributed by atoms with Crippen molar-refractivity contribution in [3.63, 3.8) is 0 Å². The summed E-state index contributed by atoms with van der Waals surface area (Å²) in [6.07, 6.45) is 9.53. The second kappa shape index (κ2) is 7.62. The first kappa shape index (κ1) is 17.7. The third kappa shape index (κ3) is 5.18. The average Bonchev–Trinajstić information content (AvgIpc) is 2.45. The van der Waals surface area contributed by atoms with Crippen LogP contribution in [0, 0.1) is 5.41 Å². The van der Waals surface area contributed by atoms with E-state index in [1.165, 1.54) is 6.42 Å². The van der Waals surface area contributed by atoms with Gasteiger partial charge in [0.15, 0.2) is 6.61 Å². The van der Waals surface area contributed by atoms with Gasteiger partial charge in [0, 0.05) is 0 Å². The molecular formula is C17H28O4. The van der Waals surface area contributed by atoms with E-state index in [2.05, 4.69) is 0 Å². The topological polar surface area (TPSA) is 52.6 Å². The molecule has 0 N–H and O–H groups in total. The molecule has 1 saturated carbocycles. The van der Waals surface area contributed by atoms with Crippen molar-refractivity contribution >= 4 is 11.9 Å². The molecule has 21 heavy (non-hydrogen) atoms. The monoisotopic (exact) mass is 296 g/mol. The smallest absolute Gasteiger partial charge is 0.345 e. The average molecular weight is 296 g/mol. The van der Waals surface area contributed by atoms with E-state index in [-0.39, 0.29) is 12.6 Å². The number of carbonyl (C=O) groups excluding carboxylic acids is 2. The van der Waals surface area contributed by atoms with Gasteiger partial charge in [-0.2, -0.15) is 0 Å². The van der Waals surface area contributed by atoms with Gasteiger partial charge in [-0.3, -0.25) is 4.79 Å². The SMILES string of the molecule is C/C=C/C1(OC(=O)COC(=O)C(C)(C)CC)CCCCC1. The normalized spacial score (nSPS) is 18.5. The quantitative estimate of drug-likeness (QED) is 0.553. The maximum absolute atomic E-state index is 12.0. The van der Waals surface area contributed by atoms with Gasteiger partial charge in [-0.15, -0.1) is 0 Å². The highest BCUT2D eigenvalue weighted by Crippen LogP contribution is 2.33. The van der Waals surface area contributed by atoms with Gasteiger partial charge < -0.3 is 9.47 Å². The van der Waals surface area contributed by atoms with E-state index in [0.717, 1.165) is 25.7 Å². The molecule has 0 bridgehead atoms. The van der Waals surface area contributed by atoms with Crippen LogP contribution in [0.5, 0.6) is 0 Å². The van der Waals surface area contributed by atoms with Crippen molar-refractivity contribution in [1.29, 1.82) is 0 Å². The van der Waals surface area contributed by atoms with Crippen molar-refractivity contribution in [2.24, 2.45) is 5.41 Å². The van der Waals surface area contributed by atoms with Crippen molar-refractivity contribution < 1.29 is 19.1 Å². The zero-order chi connectivity index (χ0) is 15.9. The Kier molecular flexibility index (Phi) is 6.43. The Balaban J connectivity index is 2.53. The standard InChI is InChI=1S/C17H28O4/c1-5-10-17(11-8-7-9-12-17)21-14(18)13-20-15(19)16(3,4)6-2/h5,10H,6-9,11-13H2,1-4H3/b10-5+. The predicted molar refractivity (Wildman–Crippen MR) is 81.8 cm³/mol. The minimum atomic E-state index is -0.563. The van der Waals surface area contributed by atoms with Gasteiger partial charge in [-0.25, -0.2) is 4.79 Å². The number of esters is 2. The molecule has 1 fully saturated rings. The summed E-state index contributed by atoms with van der Waals surface area (Å²) in [4.78, 5) is 23.8. The number of hydrogen-bond acceptors (Lipinski definition) is 4. The molecule has 0 radical (unpaired) electrons. The summed E-state index contributed by atoms with van der Waals surface area (Å²) in [5, 5.41) is 0. The lowest BCUT2D eigenvalue weighted by Gasteiger charge is -2.34. The first-order chi connectivity index (χ1) is 9.85. The van der Waals surface area contributed by atoms with Crippen molar-refractivity contribution in [2.45, 2.75) is 71.8 Å². The molecule has 4 nitrogen and oxygen atoms in total. The molecule has 0 amide bonds. The fourth-order valence-electron chi connectivity index (χ4n) is 2.48. The molecule has 0 aromatic heterocycles. The number of hydrogen-bond donors (Lipinski definition) is 0. The molecule has 0 aliphatic heterocycles. The minimum Gasteiger partial charge on any atom is -0.453 e. The number of allylic oxidation sites excluding steroid dienone is 1. The van der Waals surface area contributed by atoms with E-state index in [1.807, 2.05) is 39.8 Å².